The molecule has 0 aliphatic carbocycles. The Hall–Kier alpha value is -1.69. The Morgan fingerprint density at radius 1 is 1.06 bits per heavy atom. The molecule has 2 amide bonds. The van der Waals surface area contributed by atoms with Gasteiger partial charge in [-0.3, -0.25) is 14.5 Å². The summed E-state index contributed by atoms with van der Waals surface area (Å²) in [6.07, 6.45) is 0.341. The van der Waals surface area contributed by atoms with Crippen LogP contribution in [0.5, 0.6) is 0 Å². The molecule has 0 N–H and O–H groups in total. The van der Waals surface area contributed by atoms with Crippen LogP contribution in [0.25, 0.3) is 0 Å². The number of fused-ring (bicyclic) bond motifs is 1. The molecule has 0 unspecified atom stereocenters. The third-order valence-electron chi connectivity index (χ3n) is 3.40. The van der Waals surface area contributed by atoms with E-state index in [1.807, 2.05) is 0 Å². The molecule has 0 saturated carbocycles. The largest absolute Gasteiger partial charge is 0.270 e. The highest BCUT2D eigenvalue weighted by Gasteiger charge is 2.43. The van der Waals surface area contributed by atoms with E-state index < -0.39 is 15.9 Å². The van der Waals surface area contributed by atoms with Gasteiger partial charge in [0.05, 0.1) is 28.7 Å². The van der Waals surface area contributed by atoms with Gasteiger partial charge >= 0.3 is 0 Å². The van der Waals surface area contributed by atoms with Crippen LogP contribution in [0.1, 0.15) is 27.1 Å². The molecule has 94 valence electrons. The summed E-state index contributed by atoms with van der Waals surface area (Å²) < 4.78 is 22.9. The first-order valence-corrected chi connectivity index (χ1v) is 7.49. The number of nitrogens with zero attached hydrogens (tertiary/aromatic N) is 1. The third kappa shape index (κ3) is 1.56. The summed E-state index contributed by atoms with van der Waals surface area (Å²) in [5.41, 5.74) is 0.735. The first kappa shape index (κ1) is 11.4. The topological polar surface area (TPSA) is 71.5 Å². The fourth-order valence-electron chi connectivity index (χ4n) is 2.52. The predicted octanol–water partition coefficient (Wildman–Crippen LogP) is 0.470. The number of hydrogen-bond donors (Lipinski definition) is 0. The molecule has 1 saturated heterocycles. The zero-order valence-corrected chi connectivity index (χ0v) is 10.3. The number of amides is 2. The van der Waals surface area contributed by atoms with E-state index in [1.54, 1.807) is 24.3 Å². The molecule has 0 radical (unpaired) electrons. The van der Waals surface area contributed by atoms with Gasteiger partial charge in [-0.15, -0.1) is 0 Å². The molecule has 5 nitrogen and oxygen atoms in total. The summed E-state index contributed by atoms with van der Waals surface area (Å²) in [6.45, 7) is 0. The van der Waals surface area contributed by atoms with Crippen molar-refractivity contribution in [1.29, 1.82) is 0 Å². The average Bonchev–Trinajstić information content (AvgIpc) is 2.80. The number of benzene rings is 1. The number of carbonyl (C=O) groups excluding carboxylic acids is 2. The maximum absolute atomic E-state index is 12.1. The minimum atomic E-state index is -3.11. The maximum atomic E-state index is 12.1. The first-order valence-electron chi connectivity index (χ1n) is 5.67. The Kier molecular flexibility index (Phi) is 2.31. The molecule has 0 bridgehead atoms. The molecular weight excluding hydrogens is 254 g/mol. The second kappa shape index (κ2) is 3.65. The summed E-state index contributed by atoms with van der Waals surface area (Å²) in [4.78, 5) is 25.3. The fraction of sp³-hybridized carbons (Fsp3) is 0.333. The highest BCUT2D eigenvalue weighted by Crippen LogP contribution is 2.28. The smallest absolute Gasteiger partial charge is 0.261 e. The van der Waals surface area contributed by atoms with E-state index in [0.29, 0.717) is 17.5 Å². The van der Waals surface area contributed by atoms with Crippen molar-refractivity contribution in [3.05, 3.63) is 35.4 Å². The molecule has 18 heavy (non-hydrogen) atoms. The van der Waals surface area contributed by atoms with Gasteiger partial charge in [-0.2, -0.15) is 0 Å². The van der Waals surface area contributed by atoms with E-state index in [2.05, 4.69) is 0 Å². The van der Waals surface area contributed by atoms with E-state index in [-0.39, 0.29) is 23.3 Å². The van der Waals surface area contributed by atoms with Crippen LogP contribution in [0.3, 0.4) is 0 Å². The highest BCUT2D eigenvalue weighted by molar-refractivity contribution is 7.91. The summed E-state index contributed by atoms with van der Waals surface area (Å²) >= 11 is 0. The molecule has 1 fully saturated rings. The van der Waals surface area contributed by atoms with Gasteiger partial charge in [0, 0.05) is 0 Å². The van der Waals surface area contributed by atoms with Gasteiger partial charge in [-0.05, 0) is 18.6 Å². The highest BCUT2D eigenvalue weighted by atomic mass is 32.2. The Bertz CT molecular complexity index is 615. The molecule has 0 aromatic heterocycles. The molecule has 2 aliphatic rings. The molecular formula is C12H11NO4S. The standard InChI is InChI=1S/C12H11NO4S/c14-11-9-3-1-2-4-10(9)12(15)13(11)8-5-6-18(16,17)7-8/h1-4,8H,5-7H2/t8-/m0/s1. The first-order chi connectivity index (χ1) is 8.49. The van der Waals surface area contributed by atoms with Crippen molar-refractivity contribution in [2.24, 2.45) is 0 Å². The second-order valence-electron chi connectivity index (χ2n) is 4.58. The van der Waals surface area contributed by atoms with Crippen molar-refractivity contribution in [3.63, 3.8) is 0 Å². The Balaban J connectivity index is 1.98. The van der Waals surface area contributed by atoms with Crippen LogP contribution < -0.4 is 0 Å². The van der Waals surface area contributed by atoms with Crippen molar-refractivity contribution in [3.8, 4) is 0 Å². The lowest BCUT2D eigenvalue weighted by atomic mass is 10.1. The van der Waals surface area contributed by atoms with Crippen LogP contribution >= 0.6 is 0 Å². The normalized spacial score (nSPS) is 25.6. The zero-order valence-electron chi connectivity index (χ0n) is 9.50. The quantitative estimate of drug-likeness (QED) is 0.692. The van der Waals surface area contributed by atoms with Gasteiger partial charge in [-0.1, -0.05) is 12.1 Å². The van der Waals surface area contributed by atoms with E-state index in [1.165, 1.54) is 0 Å². The van der Waals surface area contributed by atoms with Crippen LogP contribution in [-0.2, 0) is 9.84 Å². The Morgan fingerprint density at radius 2 is 1.61 bits per heavy atom. The molecule has 6 heteroatoms. The molecule has 1 aromatic rings. The van der Waals surface area contributed by atoms with E-state index in [9.17, 15) is 18.0 Å². The number of carbonyl (C=O) groups is 2. The van der Waals surface area contributed by atoms with Crippen LogP contribution in [-0.4, -0.2) is 42.7 Å². The van der Waals surface area contributed by atoms with E-state index in [0.717, 1.165) is 4.90 Å². The van der Waals surface area contributed by atoms with Gasteiger partial charge in [0.1, 0.15) is 0 Å². The number of sulfone groups is 1. The maximum Gasteiger partial charge on any atom is 0.261 e. The van der Waals surface area contributed by atoms with Gasteiger partial charge in [0.15, 0.2) is 9.84 Å². The summed E-state index contributed by atoms with van der Waals surface area (Å²) in [5, 5.41) is 0. The molecule has 2 aliphatic heterocycles. The number of rotatable bonds is 1. The number of imide groups is 1. The van der Waals surface area contributed by atoms with Crippen LogP contribution in [0.2, 0.25) is 0 Å². The van der Waals surface area contributed by atoms with E-state index >= 15 is 0 Å². The molecule has 2 heterocycles. The van der Waals surface area contributed by atoms with Crippen molar-refractivity contribution in [1.82, 2.24) is 4.90 Å². The van der Waals surface area contributed by atoms with Crippen molar-refractivity contribution >= 4 is 21.7 Å². The minimum Gasteiger partial charge on any atom is -0.270 e. The Labute approximate surface area is 104 Å². The van der Waals surface area contributed by atoms with Gasteiger partial charge in [0.25, 0.3) is 11.8 Å². The van der Waals surface area contributed by atoms with Crippen LogP contribution in [0, 0.1) is 0 Å². The van der Waals surface area contributed by atoms with Gasteiger partial charge < -0.3 is 0 Å². The van der Waals surface area contributed by atoms with Gasteiger partial charge in [-0.25, -0.2) is 8.42 Å². The fourth-order valence-corrected chi connectivity index (χ4v) is 4.22. The van der Waals surface area contributed by atoms with Crippen molar-refractivity contribution in [2.75, 3.05) is 11.5 Å². The van der Waals surface area contributed by atoms with Crippen LogP contribution in [0.15, 0.2) is 24.3 Å². The average molecular weight is 265 g/mol. The molecule has 0 spiro atoms. The third-order valence-corrected chi connectivity index (χ3v) is 5.15. The lowest BCUT2D eigenvalue weighted by Gasteiger charge is -2.20. The predicted molar refractivity (Wildman–Crippen MR) is 64.0 cm³/mol. The SMILES string of the molecule is O=C1c2ccccc2C(=O)N1[C@H]1CCS(=O)(=O)C1. The van der Waals surface area contributed by atoms with Crippen molar-refractivity contribution < 1.29 is 18.0 Å². The van der Waals surface area contributed by atoms with E-state index in [4.69, 9.17) is 0 Å². The monoisotopic (exact) mass is 265 g/mol. The van der Waals surface area contributed by atoms with Crippen LogP contribution in [0.4, 0.5) is 0 Å². The lowest BCUT2D eigenvalue weighted by Crippen LogP contribution is -2.40. The zero-order chi connectivity index (χ0) is 12.9. The summed E-state index contributed by atoms with van der Waals surface area (Å²) in [6, 6.07) is 6.07. The minimum absolute atomic E-state index is 0.0467. The Morgan fingerprint density at radius 3 is 2.06 bits per heavy atom. The number of hydrogen-bond acceptors (Lipinski definition) is 4. The lowest BCUT2D eigenvalue weighted by molar-refractivity contribution is 0.0601. The van der Waals surface area contributed by atoms with Crippen molar-refractivity contribution in [2.45, 2.75) is 12.5 Å². The summed E-state index contributed by atoms with van der Waals surface area (Å²) in [5.74, 6) is -0.820. The summed E-state index contributed by atoms with van der Waals surface area (Å²) in [7, 11) is -3.11. The second-order valence-corrected chi connectivity index (χ2v) is 6.81. The molecule has 3 rings (SSSR count). The molecule has 1 aromatic carbocycles. The molecule has 1 atom stereocenters. The van der Waals surface area contributed by atoms with Gasteiger partial charge in [0.2, 0.25) is 0 Å².